The van der Waals surface area contributed by atoms with Crippen LogP contribution in [0.1, 0.15) is 18.1 Å². The third-order valence-corrected chi connectivity index (χ3v) is 5.75. The number of rotatable bonds is 13. The summed E-state index contributed by atoms with van der Waals surface area (Å²) in [7, 11) is 3.36. The molecule has 0 saturated heterocycles. The Morgan fingerprint density at radius 2 is 1.67 bits per heavy atom. The van der Waals surface area contributed by atoms with E-state index in [2.05, 4.69) is 14.9 Å². The quantitative estimate of drug-likeness (QED) is 0.257. The molecule has 0 bridgehead atoms. The Bertz CT molecular complexity index is 1220. The van der Waals surface area contributed by atoms with Gasteiger partial charge in [-0.05, 0) is 54.4 Å². The number of methoxy groups -OCH3 is 2. The van der Waals surface area contributed by atoms with Gasteiger partial charge in [-0.15, -0.1) is 0 Å². The van der Waals surface area contributed by atoms with Gasteiger partial charge in [-0.25, -0.2) is 4.98 Å². The standard InChI is InChI=1S/C29H33N3O4/c1-4-35-25-13-11-24(12-14-25)26-20-31-29(32(26)16-17-33-2)30-19-23-10-15-27(28(18-23)34-3)36-21-22-8-6-5-7-9-22/h5-15,18,20H,4,16-17,19,21H2,1-3H3,(H,30,31). The summed E-state index contributed by atoms with van der Waals surface area (Å²) in [6, 6.07) is 24.1. The molecule has 4 aromatic rings. The topological polar surface area (TPSA) is 66.8 Å². The van der Waals surface area contributed by atoms with E-state index in [1.165, 1.54) is 0 Å². The van der Waals surface area contributed by atoms with Gasteiger partial charge in [0.05, 0.1) is 32.2 Å². The van der Waals surface area contributed by atoms with Gasteiger partial charge < -0.3 is 28.8 Å². The van der Waals surface area contributed by atoms with Crippen molar-refractivity contribution in [2.75, 3.05) is 32.8 Å². The summed E-state index contributed by atoms with van der Waals surface area (Å²) >= 11 is 0. The summed E-state index contributed by atoms with van der Waals surface area (Å²) in [5.74, 6) is 3.04. The lowest BCUT2D eigenvalue weighted by atomic mass is 10.1. The molecule has 3 aromatic carbocycles. The van der Waals surface area contributed by atoms with Gasteiger partial charge in [-0.3, -0.25) is 0 Å². The average molecular weight is 488 g/mol. The number of hydrogen-bond acceptors (Lipinski definition) is 6. The molecule has 0 fully saturated rings. The van der Waals surface area contributed by atoms with Gasteiger partial charge >= 0.3 is 0 Å². The number of ether oxygens (including phenoxy) is 4. The van der Waals surface area contributed by atoms with Crippen molar-refractivity contribution < 1.29 is 18.9 Å². The van der Waals surface area contributed by atoms with E-state index in [9.17, 15) is 0 Å². The Balaban J connectivity index is 1.46. The van der Waals surface area contributed by atoms with Gasteiger partial charge in [-0.1, -0.05) is 36.4 Å². The van der Waals surface area contributed by atoms with Crippen LogP contribution in [0.3, 0.4) is 0 Å². The predicted octanol–water partition coefficient (Wildman–Crippen LogP) is 5.79. The first kappa shape index (κ1) is 25.1. The van der Waals surface area contributed by atoms with Crippen LogP contribution in [0.4, 0.5) is 5.95 Å². The lowest BCUT2D eigenvalue weighted by Crippen LogP contribution is -2.12. The fraction of sp³-hybridized carbons (Fsp3) is 0.276. The molecule has 7 nitrogen and oxygen atoms in total. The van der Waals surface area contributed by atoms with Crippen LogP contribution in [0.5, 0.6) is 17.2 Å². The van der Waals surface area contributed by atoms with Crippen molar-refractivity contribution >= 4 is 5.95 Å². The third-order valence-electron chi connectivity index (χ3n) is 5.75. The van der Waals surface area contributed by atoms with E-state index >= 15 is 0 Å². The molecule has 0 atom stereocenters. The van der Waals surface area contributed by atoms with Crippen LogP contribution in [0, 0.1) is 0 Å². The highest BCUT2D eigenvalue weighted by molar-refractivity contribution is 5.62. The summed E-state index contributed by atoms with van der Waals surface area (Å²) in [4.78, 5) is 4.65. The molecule has 0 unspecified atom stereocenters. The van der Waals surface area contributed by atoms with Crippen molar-refractivity contribution in [3.05, 3.63) is 90.1 Å². The minimum atomic E-state index is 0.486. The first-order chi connectivity index (χ1) is 17.7. The zero-order valence-corrected chi connectivity index (χ0v) is 21.1. The first-order valence-electron chi connectivity index (χ1n) is 12.1. The van der Waals surface area contributed by atoms with Crippen molar-refractivity contribution in [1.29, 1.82) is 0 Å². The first-order valence-corrected chi connectivity index (χ1v) is 12.1. The van der Waals surface area contributed by atoms with E-state index < -0.39 is 0 Å². The van der Waals surface area contributed by atoms with Crippen molar-refractivity contribution in [1.82, 2.24) is 9.55 Å². The van der Waals surface area contributed by atoms with Gasteiger partial charge in [0.15, 0.2) is 11.5 Å². The van der Waals surface area contributed by atoms with Crippen LogP contribution in [-0.2, 0) is 24.4 Å². The fourth-order valence-electron chi connectivity index (χ4n) is 3.90. The molecular weight excluding hydrogens is 454 g/mol. The lowest BCUT2D eigenvalue weighted by molar-refractivity contribution is 0.188. The summed E-state index contributed by atoms with van der Waals surface area (Å²) < 4.78 is 24.6. The lowest BCUT2D eigenvalue weighted by Gasteiger charge is -2.15. The molecule has 0 amide bonds. The number of nitrogens with one attached hydrogen (secondary N) is 1. The minimum absolute atomic E-state index is 0.486. The summed E-state index contributed by atoms with van der Waals surface area (Å²) in [6.07, 6.45) is 1.88. The molecule has 0 spiro atoms. The Kier molecular flexibility index (Phi) is 8.83. The van der Waals surface area contributed by atoms with Crippen LogP contribution >= 0.6 is 0 Å². The molecule has 4 rings (SSSR count). The second-order valence-electron chi connectivity index (χ2n) is 8.18. The van der Waals surface area contributed by atoms with Crippen molar-refractivity contribution in [2.24, 2.45) is 0 Å². The number of hydrogen-bond donors (Lipinski definition) is 1. The Morgan fingerprint density at radius 3 is 2.39 bits per heavy atom. The molecule has 0 saturated carbocycles. The number of nitrogens with zero attached hydrogens (tertiary/aromatic N) is 2. The average Bonchev–Trinajstić information content (AvgIpc) is 3.33. The SMILES string of the molecule is CCOc1ccc(-c2cnc(NCc3ccc(OCc4ccccc4)c(OC)c3)n2CCOC)cc1. The maximum Gasteiger partial charge on any atom is 0.203 e. The molecule has 0 aliphatic heterocycles. The smallest absolute Gasteiger partial charge is 0.203 e. The van der Waals surface area contributed by atoms with Crippen molar-refractivity contribution in [3.8, 4) is 28.5 Å². The summed E-state index contributed by atoms with van der Waals surface area (Å²) in [5, 5.41) is 3.46. The van der Waals surface area contributed by atoms with E-state index in [4.69, 9.17) is 18.9 Å². The maximum absolute atomic E-state index is 5.99. The summed E-state index contributed by atoms with van der Waals surface area (Å²) in [6.45, 7) is 4.95. The molecule has 0 radical (unpaired) electrons. The van der Waals surface area contributed by atoms with Gasteiger partial charge in [-0.2, -0.15) is 0 Å². The molecule has 7 heteroatoms. The van der Waals surface area contributed by atoms with E-state index in [0.29, 0.717) is 44.4 Å². The summed E-state index contributed by atoms with van der Waals surface area (Å²) in [5.41, 5.74) is 4.25. The van der Waals surface area contributed by atoms with Gasteiger partial charge in [0, 0.05) is 25.8 Å². The predicted molar refractivity (Wildman–Crippen MR) is 142 cm³/mol. The highest BCUT2D eigenvalue weighted by Gasteiger charge is 2.13. The van der Waals surface area contributed by atoms with Crippen LogP contribution < -0.4 is 19.5 Å². The Hall–Kier alpha value is -3.97. The van der Waals surface area contributed by atoms with Gasteiger partial charge in [0.2, 0.25) is 5.95 Å². The highest BCUT2D eigenvalue weighted by atomic mass is 16.5. The van der Waals surface area contributed by atoms with Crippen molar-refractivity contribution in [2.45, 2.75) is 26.6 Å². The number of anilines is 1. The second kappa shape index (κ2) is 12.7. The van der Waals surface area contributed by atoms with Crippen LogP contribution in [0.2, 0.25) is 0 Å². The van der Waals surface area contributed by atoms with E-state index in [0.717, 1.165) is 34.1 Å². The van der Waals surface area contributed by atoms with Crippen molar-refractivity contribution in [3.63, 3.8) is 0 Å². The third kappa shape index (κ3) is 6.37. The van der Waals surface area contributed by atoms with E-state index in [1.807, 2.05) is 85.9 Å². The number of aromatic nitrogens is 2. The molecule has 0 aliphatic rings. The number of imidazole rings is 1. The van der Waals surface area contributed by atoms with Gasteiger partial charge in [0.1, 0.15) is 12.4 Å². The monoisotopic (exact) mass is 487 g/mol. The van der Waals surface area contributed by atoms with E-state index in [-0.39, 0.29) is 0 Å². The normalized spacial score (nSPS) is 10.8. The fourth-order valence-corrected chi connectivity index (χ4v) is 3.90. The second-order valence-corrected chi connectivity index (χ2v) is 8.18. The Labute approximate surface area is 212 Å². The van der Waals surface area contributed by atoms with E-state index in [1.54, 1.807) is 14.2 Å². The number of benzene rings is 3. The van der Waals surface area contributed by atoms with Crippen LogP contribution in [0.15, 0.2) is 79.0 Å². The van der Waals surface area contributed by atoms with Gasteiger partial charge in [0.25, 0.3) is 0 Å². The zero-order chi connectivity index (χ0) is 25.2. The zero-order valence-electron chi connectivity index (χ0n) is 21.1. The highest BCUT2D eigenvalue weighted by Crippen LogP contribution is 2.30. The molecular formula is C29H33N3O4. The molecule has 36 heavy (non-hydrogen) atoms. The molecule has 0 aliphatic carbocycles. The minimum Gasteiger partial charge on any atom is -0.494 e. The molecule has 1 N–H and O–H groups in total. The molecule has 1 aromatic heterocycles. The Morgan fingerprint density at radius 1 is 0.861 bits per heavy atom. The maximum atomic E-state index is 5.99. The molecule has 1 heterocycles. The van der Waals surface area contributed by atoms with Crippen LogP contribution in [-0.4, -0.2) is 37.0 Å². The molecule has 188 valence electrons. The largest absolute Gasteiger partial charge is 0.494 e. The van der Waals surface area contributed by atoms with Crippen LogP contribution in [0.25, 0.3) is 11.3 Å².